The molecule has 0 spiro atoms. The highest BCUT2D eigenvalue weighted by atomic mass is 16.6. The van der Waals surface area contributed by atoms with Crippen LogP contribution in [0.4, 0.5) is 0 Å². The van der Waals surface area contributed by atoms with Crippen LogP contribution < -0.4 is 0 Å². The van der Waals surface area contributed by atoms with E-state index in [9.17, 15) is 9.59 Å². The summed E-state index contributed by atoms with van der Waals surface area (Å²) < 4.78 is 17.5. The van der Waals surface area contributed by atoms with Crippen molar-refractivity contribution in [3.05, 3.63) is 24.3 Å². The highest BCUT2D eigenvalue weighted by molar-refractivity contribution is 5.70. The summed E-state index contributed by atoms with van der Waals surface area (Å²) in [6.07, 6.45) is 66.2. The van der Waals surface area contributed by atoms with Gasteiger partial charge in [0.15, 0.2) is 6.10 Å². The standard InChI is InChI=1S/C59H112O5/c1-4-7-10-13-16-19-22-25-27-29-30-32-33-35-37-40-43-46-49-52-58(60)63-56-57(55-62-54-51-48-45-42-39-24-21-18-15-12-9-6-3)64-59(61)53-50-47-44-41-38-36-34-31-28-26-23-20-17-14-11-8-5-2/h15,18,25,27,57H,4-14,16-17,19-24,26,28-56H2,1-3H3/b18-15-,27-25-. The van der Waals surface area contributed by atoms with Gasteiger partial charge in [0.25, 0.3) is 0 Å². The molecule has 0 aromatic rings. The maximum Gasteiger partial charge on any atom is 0.306 e. The van der Waals surface area contributed by atoms with Crippen molar-refractivity contribution in [1.29, 1.82) is 0 Å². The maximum absolute atomic E-state index is 12.8. The first-order valence-electron chi connectivity index (χ1n) is 28.9. The summed E-state index contributed by atoms with van der Waals surface area (Å²) in [4.78, 5) is 25.5. The molecule has 0 aliphatic heterocycles. The van der Waals surface area contributed by atoms with Crippen LogP contribution >= 0.6 is 0 Å². The molecule has 5 nitrogen and oxygen atoms in total. The molecule has 0 aromatic heterocycles. The monoisotopic (exact) mass is 901 g/mol. The fourth-order valence-corrected chi connectivity index (χ4v) is 8.61. The summed E-state index contributed by atoms with van der Waals surface area (Å²) in [6.45, 7) is 7.84. The second-order valence-corrected chi connectivity index (χ2v) is 19.5. The summed E-state index contributed by atoms with van der Waals surface area (Å²) in [5.41, 5.74) is 0. The summed E-state index contributed by atoms with van der Waals surface area (Å²) in [5, 5.41) is 0. The number of carbonyl (C=O) groups is 2. The van der Waals surface area contributed by atoms with E-state index in [-0.39, 0.29) is 18.5 Å². The minimum Gasteiger partial charge on any atom is -0.462 e. The van der Waals surface area contributed by atoms with Crippen molar-refractivity contribution in [2.45, 2.75) is 322 Å². The topological polar surface area (TPSA) is 61.8 Å². The van der Waals surface area contributed by atoms with Gasteiger partial charge in [0.2, 0.25) is 0 Å². The van der Waals surface area contributed by atoms with Crippen molar-refractivity contribution in [2.24, 2.45) is 0 Å². The lowest BCUT2D eigenvalue weighted by Gasteiger charge is -2.18. The van der Waals surface area contributed by atoms with Crippen LogP contribution in [0.3, 0.4) is 0 Å². The predicted molar refractivity (Wildman–Crippen MR) is 279 cm³/mol. The van der Waals surface area contributed by atoms with Gasteiger partial charge in [-0.05, 0) is 64.2 Å². The van der Waals surface area contributed by atoms with Gasteiger partial charge in [-0.25, -0.2) is 0 Å². The molecule has 0 heterocycles. The quantitative estimate of drug-likeness (QED) is 0.0346. The molecule has 0 amide bonds. The first-order valence-corrected chi connectivity index (χ1v) is 28.9. The molecule has 0 N–H and O–H groups in total. The van der Waals surface area contributed by atoms with Crippen LogP contribution in [0.2, 0.25) is 0 Å². The lowest BCUT2D eigenvalue weighted by atomic mass is 10.0. The number of hydrogen-bond donors (Lipinski definition) is 0. The van der Waals surface area contributed by atoms with Gasteiger partial charge in [0.1, 0.15) is 6.61 Å². The summed E-state index contributed by atoms with van der Waals surface area (Å²) in [6, 6.07) is 0. The van der Waals surface area contributed by atoms with E-state index < -0.39 is 6.10 Å². The molecule has 1 unspecified atom stereocenters. The Bertz CT molecular complexity index is 974. The maximum atomic E-state index is 12.8. The number of ether oxygens (including phenoxy) is 3. The van der Waals surface area contributed by atoms with E-state index in [4.69, 9.17) is 14.2 Å². The SMILES string of the molecule is CCCC/C=C\CCCCCCCCOCC(COC(=O)CCCCCCCCCCC/C=C\CCCCCCCC)OC(=O)CCCCCCCCCCCCCCCCCCC. The van der Waals surface area contributed by atoms with E-state index in [0.29, 0.717) is 26.1 Å². The lowest BCUT2D eigenvalue weighted by Crippen LogP contribution is -2.30. The zero-order chi connectivity index (χ0) is 46.3. The highest BCUT2D eigenvalue weighted by Gasteiger charge is 2.17. The first kappa shape index (κ1) is 62.4. The zero-order valence-corrected chi connectivity index (χ0v) is 43.6. The predicted octanol–water partition coefficient (Wildman–Crippen LogP) is 19.6. The van der Waals surface area contributed by atoms with Gasteiger partial charge in [0, 0.05) is 19.4 Å². The molecule has 64 heavy (non-hydrogen) atoms. The third kappa shape index (κ3) is 53.0. The van der Waals surface area contributed by atoms with Crippen molar-refractivity contribution < 1.29 is 23.8 Å². The van der Waals surface area contributed by atoms with Crippen LogP contribution in [0.25, 0.3) is 0 Å². The Kier molecular flexibility index (Phi) is 54.3. The second kappa shape index (κ2) is 55.7. The van der Waals surface area contributed by atoms with Gasteiger partial charge < -0.3 is 14.2 Å². The number of esters is 2. The fraction of sp³-hybridized carbons (Fsp3) is 0.898. The van der Waals surface area contributed by atoms with E-state index in [0.717, 1.165) is 38.5 Å². The normalized spacial score (nSPS) is 12.2. The van der Waals surface area contributed by atoms with Crippen molar-refractivity contribution in [3.8, 4) is 0 Å². The van der Waals surface area contributed by atoms with Gasteiger partial charge in [-0.1, -0.05) is 263 Å². The third-order valence-electron chi connectivity index (χ3n) is 13.0. The Morgan fingerprint density at radius 1 is 0.328 bits per heavy atom. The Labute approximate surface area is 400 Å². The molecule has 0 saturated heterocycles. The Morgan fingerprint density at radius 2 is 0.625 bits per heavy atom. The molecule has 0 aromatic carbocycles. The molecule has 0 radical (unpaired) electrons. The molecular weight excluding hydrogens is 789 g/mol. The molecule has 0 aliphatic carbocycles. The van der Waals surface area contributed by atoms with E-state index in [1.165, 1.54) is 244 Å². The van der Waals surface area contributed by atoms with Crippen molar-refractivity contribution in [3.63, 3.8) is 0 Å². The smallest absolute Gasteiger partial charge is 0.306 e. The van der Waals surface area contributed by atoms with E-state index in [1.807, 2.05) is 0 Å². The lowest BCUT2D eigenvalue weighted by molar-refractivity contribution is -0.163. The highest BCUT2D eigenvalue weighted by Crippen LogP contribution is 2.17. The molecular formula is C59H112O5. The van der Waals surface area contributed by atoms with Crippen LogP contribution in [-0.4, -0.2) is 37.9 Å². The average Bonchev–Trinajstić information content (AvgIpc) is 3.30. The van der Waals surface area contributed by atoms with Crippen molar-refractivity contribution in [2.75, 3.05) is 19.8 Å². The minimum absolute atomic E-state index is 0.0887. The van der Waals surface area contributed by atoms with Gasteiger partial charge in [0.05, 0.1) is 6.61 Å². The van der Waals surface area contributed by atoms with Crippen LogP contribution in [-0.2, 0) is 23.8 Å². The zero-order valence-electron chi connectivity index (χ0n) is 43.6. The Hall–Kier alpha value is -1.62. The molecule has 0 rings (SSSR count). The van der Waals surface area contributed by atoms with Gasteiger partial charge in [-0.2, -0.15) is 0 Å². The van der Waals surface area contributed by atoms with Crippen molar-refractivity contribution in [1.82, 2.24) is 0 Å². The number of carbonyl (C=O) groups excluding carboxylic acids is 2. The van der Waals surface area contributed by atoms with Crippen LogP contribution in [0.1, 0.15) is 316 Å². The van der Waals surface area contributed by atoms with E-state index >= 15 is 0 Å². The van der Waals surface area contributed by atoms with E-state index in [2.05, 4.69) is 45.1 Å². The summed E-state index contributed by atoms with van der Waals surface area (Å²) >= 11 is 0. The number of rotatable bonds is 54. The van der Waals surface area contributed by atoms with Crippen LogP contribution in [0.15, 0.2) is 24.3 Å². The molecule has 0 bridgehead atoms. The third-order valence-corrected chi connectivity index (χ3v) is 13.0. The number of allylic oxidation sites excluding steroid dienone is 4. The molecule has 378 valence electrons. The Morgan fingerprint density at radius 3 is 1.00 bits per heavy atom. The van der Waals surface area contributed by atoms with E-state index in [1.54, 1.807) is 0 Å². The molecule has 0 fully saturated rings. The van der Waals surface area contributed by atoms with Gasteiger partial charge in [-0.15, -0.1) is 0 Å². The number of hydrogen-bond acceptors (Lipinski definition) is 5. The van der Waals surface area contributed by atoms with Gasteiger partial charge in [-0.3, -0.25) is 9.59 Å². The van der Waals surface area contributed by atoms with Gasteiger partial charge >= 0.3 is 11.9 Å². The minimum atomic E-state index is -0.534. The average molecular weight is 902 g/mol. The largest absolute Gasteiger partial charge is 0.462 e. The first-order chi connectivity index (χ1) is 31.6. The fourth-order valence-electron chi connectivity index (χ4n) is 8.61. The molecule has 1 atom stereocenters. The van der Waals surface area contributed by atoms with Crippen molar-refractivity contribution >= 4 is 11.9 Å². The second-order valence-electron chi connectivity index (χ2n) is 19.5. The Balaban J connectivity index is 4.18. The molecule has 0 aliphatic rings. The molecule has 0 saturated carbocycles. The number of unbranched alkanes of at least 4 members (excludes halogenated alkanes) is 39. The van der Waals surface area contributed by atoms with Crippen LogP contribution in [0, 0.1) is 0 Å². The summed E-state index contributed by atoms with van der Waals surface area (Å²) in [7, 11) is 0. The van der Waals surface area contributed by atoms with Crippen LogP contribution in [0.5, 0.6) is 0 Å². The summed E-state index contributed by atoms with van der Waals surface area (Å²) in [5.74, 6) is -0.381. The molecule has 5 heteroatoms.